The number of hydrogen-bond acceptors (Lipinski definition) is 3. The van der Waals surface area contributed by atoms with Crippen LogP contribution in [0.1, 0.15) is 66.7 Å². The lowest BCUT2D eigenvalue weighted by Crippen LogP contribution is -2.45. The third kappa shape index (κ3) is 5.28. The van der Waals surface area contributed by atoms with Crippen LogP contribution < -0.4 is 5.32 Å². The van der Waals surface area contributed by atoms with Gasteiger partial charge >= 0.3 is 0 Å². The lowest BCUT2D eigenvalue weighted by molar-refractivity contribution is -0.121. The molecular formula is C17H31NO2. The molecule has 1 atom stereocenters. The molecule has 1 unspecified atom stereocenters. The number of allylic oxidation sites excluding steroid dienone is 1. The highest BCUT2D eigenvalue weighted by molar-refractivity contribution is 5.82. The van der Waals surface area contributed by atoms with Gasteiger partial charge in [-0.2, -0.15) is 0 Å². The summed E-state index contributed by atoms with van der Waals surface area (Å²) >= 11 is 0. The van der Waals surface area contributed by atoms with Crippen molar-refractivity contribution in [2.45, 2.75) is 78.4 Å². The van der Waals surface area contributed by atoms with Gasteiger partial charge in [-0.1, -0.05) is 27.4 Å². The van der Waals surface area contributed by atoms with Crippen molar-refractivity contribution in [3.05, 3.63) is 12.3 Å². The first kappa shape index (κ1) is 17.2. The molecule has 1 saturated carbocycles. The summed E-state index contributed by atoms with van der Waals surface area (Å²) in [6.07, 6.45) is 4.69. The van der Waals surface area contributed by atoms with Crippen molar-refractivity contribution < 1.29 is 9.90 Å². The van der Waals surface area contributed by atoms with E-state index in [-0.39, 0.29) is 17.2 Å². The van der Waals surface area contributed by atoms with Crippen LogP contribution in [0.3, 0.4) is 0 Å². The molecular weight excluding hydrogens is 250 g/mol. The molecule has 0 radical (unpaired) electrons. The van der Waals surface area contributed by atoms with E-state index in [2.05, 4.69) is 32.7 Å². The van der Waals surface area contributed by atoms with Crippen LogP contribution in [0.15, 0.2) is 12.3 Å². The minimum absolute atomic E-state index is 0.106. The molecule has 2 N–H and O–H groups in total. The van der Waals surface area contributed by atoms with Gasteiger partial charge in [-0.25, -0.2) is 0 Å². The number of ketones is 1. The van der Waals surface area contributed by atoms with Crippen molar-refractivity contribution in [2.75, 3.05) is 0 Å². The van der Waals surface area contributed by atoms with E-state index in [4.69, 9.17) is 0 Å². The van der Waals surface area contributed by atoms with Crippen LogP contribution in [0.4, 0.5) is 0 Å². The van der Waals surface area contributed by atoms with Crippen molar-refractivity contribution >= 4 is 5.78 Å². The van der Waals surface area contributed by atoms with Crippen LogP contribution in [0.25, 0.3) is 0 Å². The zero-order valence-electron chi connectivity index (χ0n) is 13.8. The quantitative estimate of drug-likeness (QED) is 0.811. The molecule has 1 aliphatic carbocycles. The smallest absolute Gasteiger partial charge is 0.152 e. The number of aliphatic hydroxyl groups is 1. The lowest BCUT2D eigenvalue weighted by Gasteiger charge is -2.35. The Morgan fingerprint density at radius 3 is 2.30 bits per heavy atom. The summed E-state index contributed by atoms with van der Waals surface area (Å²) in [6.45, 7) is 13.8. The van der Waals surface area contributed by atoms with Gasteiger partial charge in [0.1, 0.15) is 0 Å². The summed E-state index contributed by atoms with van der Waals surface area (Å²) in [4.78, 5) is 11.8. The van der Waals surface area contributed by atoms with Crippen molar-refractivity contribution in [1.29, 1.82) is 0 Å². The average molecular weight is 281 g/mol. The molecule has 0 saturated heterocycles. The zero-order valence-corrected chi connectivity index (χ0v) is 13.8. The van der Waals surface area contributed by atoms with Crippen LogP contribution in [0.2, 0.25) is 0 Å². The molecule has 0 spiro atoms. The maximum Gasteiger partial charge on any atom is 0.152 e. The topological polar surface area (TPSA) is 49.3 Å². The molecule has 3 nitrogen and oxygen atoms in total. The molecule has 3 heteroatoms. The molecule has 0 amide bonds. The Bertz CT molecular complexity index is 356. The summed E-state index contributed by atoms with van der Waals surface area (Å²) in [6, 6.07) is -0.179. The van der Waals surface area contributed by atoms with E-state index in [1.54, 1.807) is 6.92 Å². The molecule has 0 aromatic heterocycles. The number of carbonyl (C=O) groups excluding carboxylic acids is 1. The maximum atomic E-state index is 11.8. The first-order valence-corrected chi connectivity index (χ1v) is 7.68. The van der Waals surface area contributed by atoms with Gasteiger partial charge in [-0.05, 0) is 57.3 Å². The van der Waals surface area contributed by atoms with Crippen LogP contribution in [0, 0.1) is 11.3 Å². The molecule has 20 heavy (non-hydrogen) atoms. The van der Waals surface area contributed by atoms with Gasteiger partial charge in [0.25, 0.3) is 0 Å². The molecule has 0 bridgehead atoms. The second kappa shape index (κ2) is 6.30. The highest BCUT2D eigenvalue weighted by Gasteiger charge is 2.31. The van der Waals surface area contributed by atoms with Crippen molar-refractivity contribution in [3.8, 4) is 0 Å². The highest BCUT2D eigenvalue weighted by Crippen LogP contribution is 2.34. The zero-order chi connectivity index (χ0) is 15.6. The van der Waals surface area contributed by atoms with Gasteiger partial charge < -0.3 is 10.4 Å². The molecule has 1 rings (SSSR count). The minimum atomic E-state index is -0.488. The van der Waals surface area contributed by atoms with E-state index in [1.807, 2.05) is 6.92 Å². The molecule has 0 aliphatic heterocycles. The average Bonchev–Trinajstić information content (AvgIpc) is 2.27. The van der Waals surface area contributed by atoms with Gasteiger partial charge in [0.15, 0.2) is 5.78 Å². The maximum absolute atomic E-state index is 11.8. The van der Waals surface area contributed by atoms with E-state index in [0.29, 0.717) is 5.92 Å². The predicted molar refractivity (Wildman–Crippen MR) is 83.4 cm³/mol. The van der Waals surface area contributed by atoms with E-state index >= 15 is 0 Å². The third-order valence-corrected chi connectivity index (χ3v) is 4.34. The summed E-state index contributed by atoms with van der Waals surface area (Å²) in [5.41, 5.74) is 0.357. The van der Waals surface area contributed by atoms with Crippen LogP contribution in [-0.4, -0.2) is 22.5 Å². The molecule has 0 aromatic carbocycles. The van der Waals surface area contributed by atoms with Crippen molar-refractivity contribution in [2.24, 2.45) is 11.3 Å². The third-order valence-electron chi connectivity index (χ3n) is 4.34. The van der Waals surface area contributed by atoms with Crippen molar-refractivity contribution in [1.82, 2.24) is 5.32 Å². The van der Waals surface area contributed by atoms with Gasteiger partial charge in [0.2, 0.25) is 0 Å². The predicted octanol–water partition coefficient (Wildman–Crippen LogP) is 3.42. The molecule has 1 aliphatic rings. The Balaban J connectivity index is 2.49. The fourth-order valence-electron chi connectivity index (χ4n) is 3.04. The fraction of sp³-hybridized carbons (Fsp3) is 0.824. The second-order valence-corrected chi connectivity index (χ2v) is 7.80. The Hall–Kier alpha value is -0.830. The largest absolute Gasteiger partial charge is 0.390 e. The molecule has 0 aromatic rings. The van der Waals surface area contributed by atoms with E-state index < -0.39 is 5.60 Å². The van der Waals surface area contributed by atoms with Gasteiger partial charge in [0, 0.05) is 5.70 Å². The van der Waals surface area contributed by atoms with Crippen LogP contribution >= 0.6 is 0 Å². The standard InChI is InChI=1S/C17H31NO2/c1-12(18-15(13(2)19)16(3,4)5)11-14-7-9-17(6,20)10-8-14/h14-15,18,20H,1,7-11H2,2-6H3. The molecule has 1 fully saturated rings. The summed E-state index contributed by atoms with van der Waals surface area (Å²) in [5.74, 6) is 0.730. The number of hydrogen-bond donors (Lipinski definition) is 2. The van der Waals surface area contributed by atoms with Crippen LogP contribution in [0.5, 0.6) is 0 Å². The number of Topliss-reactive ketones (excluding diaryl/α,β-unsaturated/α-hetero) is 1. The molecule has 116 valence electrons. The van der Waals surface area contributed by atoms with E-state index in [1.165, 1.54) is 0 Å². The molecule has 0 heterocycles. The highest BCUT2D eigenvalue weighted by atomic mass is 16.3. The Kier molecular flexibility index (Phi) is 5.42. The number of rotatable bonds is 5. The van der Waals surface area contributed by atoms with Crippen molar-refractivity contribution in [3.63, 3.8) is 0 Å². The monoisotopic (exact) mass is 281 g/mol. The Morgan fingerprint density at radius 1 is 1.40 bits per heavy atom. The summed E-state index contributed by atoms with van der Waals surface area (Å²) < 4.78 is 0. The second-order valence-electron chi connectivity index (χ2n) is 7.80. The van der Waals surface area contributed by atoms with Gasteiger partial charge in [-0.3, -0.25) is 4.79 Å². The van der Waals surface area contributed by atoms with E-state index in [9.17, 15) is 9.90 Å². The van der Waals surface area contributed by atoms with Crippen LogP contribution in [-0.2, 0) is 4.79 Å². The fourth-order valence-corrected chi connectivity index (χ4v) is 3.04. The minimum Gasteiger partial charge on any atom is -0.390 e. The number of nitrogens with one attached hydrogen (secondary N) is 1. The summed E-state index contributed by atoms with van der Waals surface area (Å²) in [7, 11) is 0. The summed E-state index contributed by atoms with van der Waals surface area (Å²) in [5, 5.41) is 13.3. The Morgan fingerprint density at radius 2 is 1.90 bits per heavy atom. The van der Waals surface area contributed by atoms with E-state index in [0.717, 1.165) is 37.8 Å². The normalized spacial score (nSPS) is 28.8. The first-order chi connectivity index (χ1) is 9.01. The Labute approximate surface area is 123 Å². The first-order valence-electron chi connectivity index (χ1n) is 7.68. The number of carbonyl (C=O) groups is 1. The van der Waals surface area contributed by atoms with Gasteiger partial charge in [0.05, 0.1) is 11.6 Å². The van der Waals surface area contributed by atoms with Gasteiger partial charge in [-0.15, -0.1) is 0 Å². The lowest BCUT2D eigenvalue weighted by atomic mass is 9.78. The SMILES string of the molecule is C=C(CC1CCC(C)(O)CC1)NC(C(C)=O)C(C)(C)C.